The van der Waals surface area contributed by atoms with Crippen LogP contribution in [0.5, 0.6) is 11.5 Å². The molecule has 2 fully saturated rings. The summed E-state index contributed by atoms with van der Waals surface area (Å²) in [5, 5.41) is 16.4. The van der Waals surface area contributed by atoms with Crippen molar-refractivity contribution in [2.45, 2.75) is 81.5 Å². The van der Waals surface area contributed by atoms with Crippen molar-refractivity contribution in [3.63, 3.8) is 0 Å². The van der Waals surface area contributed by atoms with Gasteiger partial charge >= 0.3 is 6.03 Å². The number of aromatic nitrogens is 2. The van der Waals surface area contributed by atoms with E-state index in [9.17, 15) is 14.4 Å². The Bertz CT molecular complexity index is 1660. The van der Waals surface area contributed by atoms with Crippen LogP contribution < -0.4 is 36.1 Å². The fourth-order valence-electron chi connectivity index (χ4n) is 6.18. The van der Waals surface area contributed by atoms with Crippen molar-refractivity contribution in [2.24, 2.45) is 0 Å². The van der Waals surface area contributed by atoms with Crippen LogP contribution in [0.25, 0.3) is 10.9 Å². The molecular weight excluding hydrogens is 655 g/mol. The fraction of sp³-hybridized carbons (Fsp3) is 0.486. The summed E-state index contributed by atoms with van der Waals surface area (Å²) in [5.41, 5.74) is 2.32. The van der Waals surface area contributed by atoms with Crippen molar-refractivity contribution in [2.75, 3.05) is 37.9 Å². The number of anilines is 2. The van der Waals surface area contributed by atoms with Crippen LogP contribution in [0, 0.1) is 12.3 Å². The Morgan fingerprint density at radius 2 is 1.74 bits per heavy atom. The lowest BCUT2D eigenvalue weighted by atomic mass is 10.0. The van der Waals surface area contributed by atoms with E-state index in [4.69, 9.17) is 15.9 Å². The summed E-state index contributed by atoms with van der Waals surface area (Å²) >= 11 is 1.90. The lowest BCUT2D eigenvalue weighted by molar-refractivity contribution is -0.121. The van der Waals surface area contributed by atoms with Gasteiger partial charge in [0.2, 0.25) is 11.8 Å². The third-order valence-corrected chi connectivity index (χ3v) is 10.4. The molecule has 3 unspecified atom stereocenters. The Balaban J connectivity index is 0.900. The van der Waals surface area contributed by atoms with Crippen LogP contribution in [-0.4, -0.2) is 77.7 Å². The zero-order valence-corrected chi connectivity index (χ0v) is 29.4. The average molecular weight is 702 g/mol. The number of nitrogens with zero attached hydrogens (tertiary/aromatic N) is 2. The number of ether oxygens (including phenoxy) is 2. The number of terminal acetylenes is 1. The summed E-state index contributed by atoms with van der Waals surface area (Å²) in [4.78, 5) is 44.8. The first-order valence-corrected chi connectivity index (χ1v) is 18.5. The van der Waals surface area contributed by atoms with Gasteiger partial charge in [0.05, 0.1) is 31.3 Å². The lowest BCUT2D eigenvalue weighted by Crippen LogP contribution is -2.36. The van der Waals surface area contributed by atoms with Crippen LogP contribution in [0.2, 0.25) is 0 Å². The smallest absolute Gasteiger partial charge is 0.315 e. The number of hydrogen-bond donors (Lipinski definition) is 5. The van der Waals surface area contributed by atoms with Crippen molar-refractivity contribution in [3.05, 3.63) is 48.3 Å². The zero-order chi connectivity index (χ0) is 35.1. The van der Waals surface area contributed by atoms with Crippen molar-refractivity contribution >= 4 is 52.0 Å². The average Bonchev–Trinajstić information content (AvgIpc) is 3.68. The van der Waals surface area contributed by atoms with Crippen molar-refractivity contribution < 1.29 is 23.9 Å². The summed E-state index contributed by atoms with van der Waals surface area (Å²) in [6.07, 6.45) is 15.0. The zero-order valence-electron chi connectivity index (χ0n) is 28.6. The van der Waals surface area contributed by atoms with Gasteiger partial charge in [-0.2, -0.15) is 11.8 Å². The minimum atomic E-state index is -0.0658. The molecule has 2 saturated heterocycles. The van der Waals surface area contributed by atoms with Gasteiger partial charge in [0.15, 0.2) is 11.5 Å². The summed E-state index contributed by atoms with van der Waals surface area (Å²) in [5.74, 6) is 5.52. The van der Waals surface area contributed by atoms with Crippen molar-refractivity contribution in [1.29, 1.82) is 0 Å². The first kappa shape index (κ1) is 36.6. The van der Waals surface area contributed by atoms with Crippen LogP contribution in [0.4, 0.5) is 16.3 Å². The third-order valence-electron chi connectivity index (χ3n) is 8.85. The van der Waals surface area contributed by atoms with Gasteiger partial charge in [-0.15, -0.1) is 6.42 Å². The number of rotatable bonds is 20. The Morgan fingerprint density at radius 1 is 0.960 bits per heavy atom. The molecule has 3 heterocycles. The second-order valence-electron chi connectivity index (χ2n) is 12.5. The Morgan fingerprint density at radius 3 is 2.52 bits per heavy atom. The molecule has 266 valence electrons. The standard InChI is InChI=1S/C37H47N7O5S/c1-3-25-12-10-13-26(20-25)42-36-27-21-31(30(48-2)22-28(27)40-24-41-36)49-19-9-5-4-6-15-33(45)38-17-11-18-39-34(46)16-8-7-14-32-35-29(23-50-32)43-37(47)44-35/h1,10,12-13,20-22,24,29,32,35H,4-9,11,14-19,23H2,2H3,(H,38,45)(H,39,46)(H,40,41,42)(H2,43,44,47). The number of fused-ring (bicyclic) bond motifs is 2. The number of urea groups is 1. The molecule has 2 aliphatic rings. The van der Waals surface area contributed by atoms with Gasteiger partial charge in [-0.1, -0.05) is 31.2 Å². The molecule has 2 aromatic carbocycles. The van der Waals surface area contributed by atoms with E-state index in [1.807, 2.05) is 48.2 Å². The summed E-state index contributed by atoms with van der Waals surface area (Å²) in [6.45, 7) is 1.60. The van der Waals surface area contributed by atoms with E-state index in [1.165, 1.54) is 6.33 Å². The molecule has 3 aromatic rings. The Hall–Kier alpha value is -4.70. The molecule has 1 aromatic heterocycles. The molecule has 12 nitrogen and oxygen atoms in total. The summed E-state index contributed by atoms with van der Waals surface area (Å²) < 4.78 is 11.7. The second kappa shape index (κ2) is 18.9. The number of carbonyl (C=O) groups excluding carboxylic acids is 3. The highest BCUT2D eigenvalue weighted by Crippen LogP contribution is 2.35. The van der Waals surface area contributed by atoms with E-state index in [-0.39, 0.29) is 29.9 Å². The predicted molar refractivity (Wildman–Crippen MR) is 197 cm³/mol. The number of thioether (sulfide) groups is 1. The molecule has 0 spiro atoms. The quantitative estimate of drug-likeness (QED) is 0.0619. The van der Waals surface area contributed by atoms with Gasteiger partial charge < -0.3 is 36.1 Å². The van der Waals surface area contributed by atoms with E-state index in [0.717, 1.165) is 72.9 Å². The maximum Gasteiger partial charge on any atom is 0.315 e. The highest BCUT2D eigenvalue weighted by Gasteiger charge is 2.42. The van der Waals surface area contributed by atoms with Crippen LogP contribution in [0.3, 0.4) is 0 Å². The summed E-state index contributed by atoms with van der Waals surface area (Å²) in [7, 11) is 1.60. The molecule has 5 N–H and O–H groups in total. The monoisotopic (exact) mass is 701 g/mol. The van der Waals surface area contributed by atoms with Gasteiger partial charge in [0, 0.05) is 59.6 Å². The predicted octanol–water partition coefficient (Wildman–Crippen LogP) is 5.04. The van der Waals surface area contributed by atoms with E-state index in [1.54, 1.807) is 7.11 Å². The highest BCUT2D eigenvalue weighted by molar-refractivity contribution is 8.00. The maximum atomic E-state index is 12.2. The van der Waals surface area contributed by atoms with Gasteiger partial charge in [0.25, 0.3) is 0 Å². The highest BCUT2D eigenvalue weighted by atomic mass is 32.2. The normalized spacial score (nSPS) is 17.7. The minimum Gasteiger partial charge on any atom is -0.493 e. The Labute approximate surface area is 298 Å². The van der Waals surface area contributed by atoms with E-state index < -0.39 is 0 Å². The van der Waals surface area contributed by atoms with Gasteiger partial charge in [-0.3, -0.25) is 9.59 Å². The molecule has 0 radical (unpaired) electrons. The van der Waals surface area contributed by atoms with Crippen LogP contribution >= 0.6 is 11.8 Å². The largest absolute Gasteiger partial charge is 0.493 e. The Kier molecular flexibility index (Phi) is 13.8. The van der Waals surface area contributed by atoms with Gasteiger partial charge in [-0.05, 0) is 56.4 Å². The first-order chi connectivity index (χ1) is 24.4. The van der Waals surface area contributed by atoms with Crippen molar-refractivity contribution in [3.8, 4) is 23.8 Å². The molecule has 5 rings (SSSR count). The number of hydrogen-bond acceptors (Lipinski definition) is 9. The molecule has 4 amide bonds. The number of benzene rings is 2. The minimum absolute atomic E-state index is 0.0341. The molecule has 13 heteroatoms. The van der Waals surface area contributed by atoms with E-state index in [0.29, 0.717) is 61.5 Å². The number of nitrogens with one attached hydrogen (secondary N) is 5. The van der Waals surface area contributed by atoms with Gasteiger partial charge in [0.1, 0.15) is 12.1 Å². The maximum absolute atomic E-state index is 12.2. The number of unbranched alkanes of at least 4 members (excludes halogenated alkanes) is 4. The van der Waals surface area contributed by atoms with Crippen molar-refractivity contribution in [1.82, 2.24) is 31.2 Å². The molecule has 0 saturated carbocycles. The molecule has 0 aliphatic carbocycles. The number of carbonyl (C=O) groups is 3. The molecule has 2 aliphatic heterocycles. The number of methoxy groups -OCH3 is 1. The summed E-state index contributed by atoms with van der Waals surface area (Å²) in [6, 6.07) is 11.7. The molecule has 50 heavy (non-hydrogen) atoms. The lowest BCUT2D eigenvalue weighted by Gasteiger charge is -2.16. The topological polar surface area (TPSA) is 156 Å². The van der Waals surface area contributed by atoms with Gasteiger partial charge in [-0.25, -0.2) is 14.8 Å². The first-order valence-electron chi connectivity index (χ1n) is 17.4. The van der Waals surface area contributed by atoms with Crippen LogP contribution in [0.15, 0.2) is 42.7 Å². The van der Waals surface area contributed by atoms with E-state index >= 15 is 0 Å². The van der Waals surface area contributed by atoms with Crippen LogP contribution in [-0.2, 0) is 9.59 Å². The fourth-order valence-corrected chi connectivity index (χ4v) is 7.72. The third kappa shape index (κ3) is 10.6. The number of amides is 4. The van der Waals surface area contributed by atoms with E-state index in [2.05, 4.69) is 42.5 Å². The molecular formula is C37H47N7O5S. The SMILES string of the molecule is C#Cc1cccc(Nc2ncnc3cc(OC)c(OCCCCCCC(=O)NCCCNC(=O)CCCCC4SCC5NC(=O)NC54)cc23)c1. The van der Waals surface area contributed by atoms with Crippen LogP contribution in [0.1, 0.15) is 69.8 Å². The molecule has 3 atom stereocenters. The second-order valence-corrected chi connectivity index (χ2v) is 13.8. The molecule has 0 bridgehead atoms.